The summed E-state index contributed by atoms with van der Waals surface area (Å²) in [6.07, 6.45) is 0.982. The van der Waals surface area contributed by atoms with Crippen molar-refractivity contribution in [3.63, 3.8) is 0 Å². The minimum absolute atomic E-state index is 0.170. The lowest BCUT2D eigenvalue weighted by Crippen LogP contribution is -2.60. The molecule has 3 aromatic carbocycles. The van der Waals surface area contributed by atoms with Gasteiger partial charge in [0.25, 0.3) is 0 Å². The van der Waals surface area contributed by atoms with Gasteiger partial charge in [0.05, 0.1) is 5.54 Å². The third-order valence-electron chi connectivity index (χ3n) is 6.35. The number of thiazole rings is 1. The molecular formula is C25H26N4S. The van der Waals surface area contributed by atoms with E-state index in [2.05, 4.69) is 99.9 Å². The van der Waals surface area contributed by atoms with E-state index >= 15 is 0 Å². The Kier molecular flexibility index (Phi) is 4.83. The van der Waals surface area contributed by atoms with Gasteiger partial charge in [0.15, 0.2) is 5.13 Å². The predicted octanol–water partition coefficient (Wildman–Crippen LogP) is 5.51. The molecule has 0 aliphatic carbocycles. The Morgan fingerprint density at radius 3 is 2.50 bits per heavy atom. The summed E-state index contributed by atoms with van der Waals surface area (Å²) in [5.41, 5.74) is 8.46. The molecule has 0 saturated carbocycles. The van der Waals surface area contributed by atoms with Gasteiger partial charge < -0.3 is 15.5 Å². The molecular weight excluding hydrogens is 388 g/mol. The van der Waals surface area contributed by atoms with Crippen LogP contribution in [0.15, 0.2) is 78.2 Å². The first-order valence-corrected chi connectivity index (χ1v) is 11.4. The molecule has 1 aromatic heterocycles. The average molecular weight is 415 g/mol. The van der Waals surface area contributed by atoms with Crippen molar-refractivity contribution in [3.8, 4) is 0 Å². The van der Waals surface area contributed by atoms with Crippen LogP contribution in [0.5, 0.6) is 0 Å². The molecule has 0 bridgehead atoms. The van der Waals surface area contributed by atoms with Gasteiger partial charge in [0.1, 0.15) is 5.82 Å². The van der Waals surface area contributed by atoms with Gasteiger partial charge in [-0.15, -0.1) is 11.3 Å². The van der Waals surface area contributed by atoms with Crippen LogP contribution >= 0.6 is 11.3 Å². The Morgan fingerprint density at radius 2 is 1.73 bits per heavy atom. The summed E-state index contributed by atoms with van der Waals surface area (Å²) < 4.78 is 0. The number of anilines is 3. The quantitative estimate of drug-likeness (QED) is 0.478. The smallest absolute Gasteiger partial charge is 0.182 e. The summed E-state index contributed by atoms with van der Waals surface area (Å²) >= 11 is 1.51. The van der Waals surface area contributed by atoms with Crippen molar-refractivity contribution in [2.45, 2.75) is 18.9 Å². The Bertz CT molecular complexity index is 1150. The van der Waals surface area contributed by atoms with Gasteiger partial charge in [-0.1, -0.05) is 73.7 Å². The van der Waals surface area contributed by atoms with Gasteiger partial charge in [-0.05, 0) is 23.4 Å². The topological polar surface area (TPSA) is 45.4 Å². The fraction of sp³-hybridized carbons (Fsp3) is 0.240. The van der Waals surface area contributed by atoms with Gasteiger partial charge >= 0.3 is 0 Å². The predicted molar refractivity (Wildman–Crippen MR) is 128 cm³/mol. The minimum atomic E-state index is -0.170. The molecule has 0 amide bonds. The van der Waals surface area contributed by atoms with Crippen LogP contribution in [0.4, 0.5) is 16.6 Å². The first kappa shape index (κ1) is 18.9. The first-order valence-electron chi connectivity index (χ1n) is 10.5. The zero-order valence-corrected chi connectivity index (χ0v) is 18.0. The van der Waals surface area contributed by atoms with Crippen LogP contribution in [0, 0.1) is 0 Å². The molecule has 0 spiro atoms. The van der Waals surface area contributed by atoms with Crippen LogP contribution in [0.25, 0.3) is 10.8 Å². The minimum Gasteiger partial charge on any atom is -0.375 e. The number of nitrogens with two attached hydrogens (primary N) is 1. The summed E-state index contributed by atoms with van der Waals surface area (Å²) in [6.45, 7) is 5.02. The van der Waals surface area contributed by atoms with E-state index in [4.69, 9.17) is 5.73 Å². The Balaban J connectivity index is 1.62. The molecule has 1 unspecified atom stereocenters. The lowest BCUT2D eigenvalue weighted by Gasteiger charge is -2.52. The zero-order valence-electron chi connectivity index (χ0n) is 17.2. The van der Waals surface area contributed by atoms with Crippen LogP contribution in [-0.4, -0.2) is 24.6 Å². The molecule has 2 heterocycles. The van der Waals surface area contributed by atoms with E-state index in [0.717, 1.165) is 31.9 Å². The van der Waals surface area contributed by atoms with Crippen molar-refractivity contribution in [1.29, 1.82) is 0 Å². The summed E-state index contributed by atoms with van der Waals surface area (Å²) in [6, 6.07) is 26.1. The number of fused-ring (bicyclic) bond motifs is 1. The molecule has 1 aliphatic rings. The Labute approximate surface area is 181 Å². The standard InChI is InChI=1S/C25H26N4S/c1-2-25(20-11-4-3-5-12-20)18-28(15-16-29(25)23-17-30-24(26)27-23)22-14-8-10-19-9-6-7-13-21(19)22/h3-14,17H,2,15-16,18H2,1H3,(H2,26,27). The molecule has 1 atom stereocenters. The molecule has 152 valence electrons. The van der Waals surface area contributed by atoms with E-state index in [0.29, 0.717) is 5.13 Å². The highest BCUT2D eigenvalue weighted by Gasteiger charge is 2.43. The molecule has 1 aliphatic heterocycles. The van der Waals surface area contributed by atoms with Crippen LogP contribution in [0.1, 0.15) is 18.9 Å². The maximum atomic E-state index is 6.00. The lowest BCUT2D eigenvalue weighted by molar-refractivity contribution is 0.349. The maximum Gasteiger partial charge on any atom is 0.182 e. The second-order valence-corrected chi connectivity index (χ2v) is 8.76. The molecule has 5 rings (SSSR count). The van der Waals surface area contributed by atoms with Crippen molar-refractivity contribution in [2.24, 2.45) is 0 Å². The second kappa shape index (κ2) is 7.65. The third kappa shape index (κ3) is 3.10. The van der Waals surface area contributed by atoms with Gasteiger partial charge in [0.2, 0.25) is 0 Å². The van der Waals surface area contributed by atoms with Gasteiger partial charge in [-0.2, -0.15) is 0 Å². The highest BCUT2D eigenvalue weighted by Crippen LogP contribution is 2.41. The van der Waals surface area contributed by atoms with E-state index < -0.39 is 0 Å². The van der Waals surface area contributed by atoms with E-state index in [1.165, 1.54) is 33.4 Å². The molecule has 4 nitrogen and oxygen atoms in total. The van der Waals surface area contributed by atoms with Gasteiger partial charge in [0, 0.05) is 36.1 Å². The maximum absolute atomic E-state index is 6.00. The summed E-state index contributed by atoms with van der Waals surface area (Å²) in [7, 11) is 0. The highest BCUT2D eigenvalue weighted by molar-refractivity contribution is 7.13. The average Bonchev–Trinajstić information content (AvgIpc) is 3.24. The third-order valence-corrected chi connectivity index (χ3v) is 7.01. The number of aromatic nitrogens is 1. The number of nitrogens with zero attached hydrogens (tertiary/aromatic N) is 3. The van der Waals surface area contributed by atoms with Gasteiger partial charge in [-0.3, -0.25) is 0 Å². The van der Waals surface area contributed by atoms with Crippen LogP contribution in [0.2, 0.25) is 0 Å². The zero-order chi connectivity index (χ0) is 20.6. The van der Waals surface area contributed by atoms with Crippen molar-refractivity contribution >= 4 is 38.7 Å². The Morgan fingerprint density at radius 1 is 0.967 bits per heavy atom. The monoisotopic (exact) mass is 414 g/mol. The summed E-state index contributed by atoms with van der Waals surface area (Å²) in [5, 5.41) is 5.31. The van der Waals surface area contributed by atoms with E-state index in [1.807, 2.05) is 0 Å². The van der Waals surface area contributed by atoms with E-state index in [-0.39, 0.29) is 5.54 Å². The molecule has 2 N–H and O–H groups in total. The van der Waals surface area contributed by atoms with Crippen LogP contribution < -0.4 is 15.5 Å². The van der Waals surface area contributed by atoms with E-state index in [9.17, 15) is 0 Å². The number of benzene rings is 3. The van der Waals surface area contributed by atoms with Gasteiger partial charge in [-0.25, -0.2) is 4.98 Å². The SMILES string of the molecule is CCC1(c2ccccc2)CN(c2cccc3ccccc23)CCN1c1csc(N)n1. The van der Waals surface area contributed by atoms with Crippen molar-refractivity contribution in [1.82, 2.24) is 4.98 Å². The van der Waals surface area contributed by atoms with Crippen LogP contribution in [-0.2, 0) is 5.54 Å². The van der Waals surface area contributed by atoms with Crippen molar-refractivity contribution in [2.75, 3.05) is 35.2 Å². The number of hydrogen-bond acceptors (Lipinski definition) is 5. The summed E-state index contributed by atoms with van der Waals surface area (Å²) in [4.78, 5) is 9.67. The molecule has 1 fully saturated rings. The first-order chi connectivity index (χ1) is 14.7. The number of nitrogen functional groups attached to an aromatic ring is 1. The molecule has 30 heavy (non-hydrogen) atoms. The second-order valence-electron chi connectivity index (χ2n) is 7.87. The van der Waals surface area contributed by atoms with Crippen molar-refractivity contribution < 1.29 is 0 Å². The highest BCUT2D eigenvalue weighted by atomic mass is 32.1. The summed E-state index contributed by atoms with van der Waals surface area (Å²) in [5.74, 6) is 0.987. The van der Waals surface area contributed by atoms with E-state index in [1.54, 1.807) is 0 Å². The largest absolute Gasteiger partial charge is 0.375 e. The lowest BCUT2D eigenvalue weighted by atomic mass is 9.82. The molecule has 4 aromatic rings. The number of hydrogen-bond donors (Lipinski definition) is 1. The number of piperazine rings is 1. The molecule has 1 saturated heterocycles. The number of rotatable bonds is 4. The molecule has 5 heteroatoms. The fourth-order valence-corrected chi connectivity index (χ4v) is 5.40. The van der Waals surface area contributed by atoms with Crippen LogP contribution in [0.3, 0.4) is 0 Å². The van der Waals surface area contributed by atoms with Crippen molar-refractivity contribution in [3.05, 3.63) is 83.7 Å². The Hall–Kier alpha value is -3.05. The fourth-order valence-electron chi connectivity index (χ4n) is 4.84. The molecule has 0 radical (unpaired) electrons. The normalized spacial score (nSPS) is 19.4.